The molecule has 3 heteroatoms. The normalized spacial score (nSPS) is 12.6. The fourth-order valence-corrected chi connectivity index (χ4v) is 1.72. The van der Waals surface area contributed by atoms with Crippen molar-refractivity contribution >= 4 is 0 Å². The number of nitrogens with one attached hydrogen (secondary N) is 1. The van der Waals surface area contributed by atoms with Crippen molar-refractivity contribution < 1.29 is 5.11 Å². The van der Waals surface area contributed by atoms with Gasteiger partial charge in [-0.2, -0.15) is 0 Å². The van der Waals surface area contributed by atoms with Crippen LogP contribution in [0.4, 0.5) is 0 Å². The van der Waals surface area contributed by atoms with Crippen molar-refractivity contribution in [1.29, 1.82) is 0 Å². The third-order valence-corrected chi connectivity index (χ3v) is 2.78. The quantitative estimate of drug-likeness (QED) is 0.825. The Morgan fingerprint density at radius 3 is 2.69 bits per heavy atom. The Kier molecular flexibility index (Phi) is 3.37. The molecular weight excluding hydrogens is 200 g/mol. The highest BCUT2D eigenvalue weighted by Gasteiger charge is 2.12. The van der Waals surface area contributed by atoms with Gasteiger partial charge < -0.3 is 10.1 Å². The largest absolute Gasteiger partial charge is 0.396 e. The number of imidazole rings is 1. The van der Waals surface area contributed by atoms with E-state index in [9.17, 15) is 5.11 Å². The Labute approximate surface area is 95.2 Å². The lowest BCUT2D eigenvalue weighted by Crippen LogP contribution is -2.04. The lowest BCUT2D eigenvalue weighted by molar-refractivity contribution is 0.258. The first-order chi connectivity index (χ1) is 7.85. The van der Waals surface area contributed by atoms with Gasteiger partial charge >= 0.3 is 0 Å². The SMILES string of the molecule is CCC(CO)c1ncc(-c2ccccc2)[nH]1. The molecule has 1 heterocycles. The zero-order valence-corrected chi connectivity index (χ0v) is 9.35. The van der Waals surface area contributed by atoms with Crippen LogP contribution in [-0.2, 0) is 0 Å². The lowest BCUT2D eigenvalue weighted by Gasteiger charge is -2.07. The number of H-pyrrole nitrogens is 1. The third kappa shape index (κ3) is 2.14. The molecule has 1 atom stereocenters. The van der Waals surface area contributed by atoms with Gasteiger partial charge in [0.05, 0.1) is 18.5 Å². The Morgan fingerprint density at radius 2 is 2.06 bits per heavy atom. The van der Waals surface area contributed by atoms with Crippen molar-refractivity contribution in [3.05, 3.63) is 42.4 Å². The molecule has 2 aromatic rings. The van der Waals surface area contributed by atoms with Gasteiger partial charge in [-0.15, -0.1) is 0 Å². The molecule has 0 radical (unpaired) electrons. The number of benzene rings is 1. The summed E-state index contributed by atoms with van der Waals surface area (Å²) in [6.45, 7) is 2.18. The van der Waals surface area contributed by atoms with Crippen LogP contribution in [0, 0.1) is 0 Å². The van der Waals surface area contributed by atoms with Crippen LogP contribution in [0.2, 0.25) is 0 Å². The molecule has 0 saturated heterocycles. The summed E-state index contributed by atoms with van der Waals surface area (Å²) in [5.41, 5.74) is 2.12. The van der Waals surface area contributed by atoms with Gasteiger partial charge in [-0.25, -0.2) is 4.98 Å². The highest BCUT2D eigenvalue weighted by atomic mass is 16.3. The van der Waals surface area contributed by atoms with Gasteiger partial charge in [-0.3, -0.25) is 0 Å². The van der Waals surface area contributed by atoms with Crippen LogP contribution in [0.3, 0.4) is 0 Å². The van der Waals surface area contributed by atoms with Gasteiger partial charge in [0, 0.05) is 5.92 Å². The molecule has 0 aliphatic carbocycles. The van der Waals surface area contributed by atoms with Crippen molar-refractivity contribution in [2.75, 3.05) is 6.61 Å². The van der Waals surface area contributed by atoms with Gasteiger partial charge in [-0.1, -0.05) is 37.3 Å². The Bertz CT molecular complexity index is 432. The van der Waals surface area contributed by atoms with Crippen molar-refractivity contribution in [3.63, 3.8) is 0 Å². The van der Waals surface area contributed by atoms with E-state index in [-0.39, 0.29) is 12.5 Å². The van der Waals surface area contributed by atoms with Crippen molar-refractivity contribution in [2.45, 2.75) is 19.3 Å². The van der Waals surface area contributed by atoms with Gasteiger partial charge in [0.2, 0.25) is 0 Å². The summed E-state index contributed by atoms with van der Waals surface area (Å²) < 4.78 is 0. The number of hydrogen-bond donors (Lipinski definition) is 2. The Balaban J connectivity index is 2.26. The summed E-state index contributed by atoms with van der Waals surface area (Å²) >= 11 is 0. The molecule has 3 nitrogen and oxygen atoms in total. The van der Waals surface area contributed by atoms with Crippen molar-refractivity contribution in [3.8, 4) is 11.3 Å². The molecule has 1 aromatic heterocycles. The van der Waals surface area contributed by atoms with E-state index < -0.39 is 0 Å². The van der Waals surface area contributed by atoms with E-state index in [0.717, 1.165) is 23.5 Å². The van der Waals surface area contributed by atoms with Crippen LogP contribution in [-0.4, -0.2) is 21.7 Å². The third-order valence-electron chi connectivity index (χ3n) is 2.78. The lowest BCUT2D eigenvalue weighted by atomic mass is 10.1. The van der Waals surface area contributed by atoms with E-state index in [1.807, 2.05) is 43.5 Å². The number of aliphatic hydroxyl groups is 1. The summed E-state index contributed by atoms with van der Waals surface area (Å²) in [5, 5.41) is 9.20. The Morgan fingerprint density at radius 1 is 1.31 bits per heavy atom. The standard InChI is InChI=1S/C13H16N2O/c1-2-10(9-16)13-14-8-12(15-13)11-6-4-3-5-7-11/h3-8,10,16H,2,9H2,1H3,(H,14,15). The summed E-state index contributed by atoms with van der Waals surface area (Å²) in [6.07, 6.45) is 2.71. The average molecular weight is 216 g/mol. The van der Waals surface area contributed by atoms with Crippen LogP contribution >= 0.6 is 0 Å². The number of rotatable bonds is 4. The zero-order valence-electron chi connectivity index (χ0n) is 9.35. The van der Waals surface area contributed by atoms with Crippen LogP contribution < -0.4 is 0 Å². The number of hydrogen-bond acceptors (Lipinski definition) is 2. The maximum atomic E-state index is 9.20. The fourth-order valence-electron chi connectivity index (χ4n) is 1.72. The van der Waals surface area contributed by atoms with Gasteiger partial charge in [0.1, 0.15) is 5.82 Å². The summed E-state index contributed by atoms with van der Waals surface area (Å²) in [5.74, 6) is 0.973. The number of nitrogens with zero attached hydrogens (tertiary/aromatic N) is 1. The average Bonchev–Trinajstić information content (AvgIpc) is 2.81. The Hall–Kier alpha value is -1.61. The second kappa shape index (κ2) is 4.94. The van der Waals surface area contributed by atoms with E-state index in [4.69, 9.17) is 0 Å². The molecule has 84 valence electrons. The molecule has 0 aliphatic rings. The minimum atomic E-state index is 0.109. The first-order valence-corrected chi connectivity index (χ1v) is 5.56. The predicted molar refractivity (Wildman–Crippen MR) is 64.1 cm³/mol. The summed E-state index contributed by atoms with van der Waals surface area (Å²) in [4.78, 5) is 7.58. The molecule has 0 bridgehead atoms. The first-order valence-electron chi connectivity index (χ1n) is 5.56. The number of aromatic nitrogens is 2. The smallest absolute Gasteiger partial charge is 0.111 e. The molecule has 1 aromatic carbocycles. The van der Waals surface area contributed by atoms with E-state index >= 15 is 0 Å². The second-order valence-corrected chi connectivity index (χ2v) is 3.84. The molecule has 0 saturated carbocycles. The molecule has 2 rings (SSSR count). The second-order valence-electron chi connectivity index (χ2n) is 3.84. The molecular formula is C13H16N2O. The molecule has 16 heavy (non-hydrogen) atoms. The van der Waals surface area contributed by atoms with Crippen LogP contribution in [0.1, 0.15) is 25.1 Å². The van der Waals surface area contributed by atoms with E-state index in [0.29, 0.717) is 0 Å². The van der Waals surface area contributed by atoms with E-state index in [2.05, 4.69) is 9.97 Å². The highest BCUT2D eigenvalue weighted by molar-refractivity contribution is 5.58. The van der Waals surface area contributed by atoms with E-state index in [1.54, 1.807) is 0 Å². The minimum Gasteiger partial charge on any atom is -0.396 e. The summed E-state index contributed by atoms with van der Waals surface area (Å²) in [7, 11) is 0. The molecule has 1 unspecified atom stereocenters. The molecule has 0 aliphatic heterocycles. The highest BCUT2D eigenvalue weighted by Crippen LogP contribution is 2.21. The van der Waals surface area contributed by atoms with Crippen LogP contribution in [0.15, 0.2) is 36.5 Å². The van der Waals surface area contributed by atoms with Crippen LogP contribution in [0.25, 0.3) is 11.3 Å². The maximum absolute atomic E-state index is 9.20. The zero-order chi connectivity index (χ0) is 11.4. The van der Waals surface area contributed by atoms with Gasteiger partial charge in [-0.05, 0) is 12.0 Å². The summed E-state index contributed by atoms with van der Waals surface area (Å²) in [6, 6.07) is 10.1. The fraction of sp³-hybridized carbons (Fsp3) is 0.308. The van der Waals surface area contributed by atoms with Crippen LogP contribution in [0.5, 0.6) is 0 Å². The van der Waals surface area contributed by atoms with Gasteiger partial charge in [0.15, 0.2) is 0 Å². The minimum absolute atomic E-state index is 0.109. The molecule has 2 N–H and O–H groups in total. The topological polar surface area (TPSA) is 48.9 Å². The first kappa shape index (κ1) is 10.9. The molecule has 0 amide bonds. The molecule has 0 fully saturated rings. The number of aromatic amines is 1. The van der Waals surface area contributed by atoms with Gasteiger partial charge in [0.25, 0.3) is 0 Å². The number of aliphatic hydroxyl groups excluding tert-OH is 1. The van der Waals surface area contributed by atoms with E-state index in [1.165, 1.54) is 0 Å². The van der Waals surface area contributed by atoms with Crippen molar-refractivity contribution in [2.24, 2.45) is 0 Å². The monoisotopic (exact) mass is 216 g/mol. The molecule has 0 spiro atoms. The van der Waals surface area contributed by atoms with Crippen molar-refractivity contribution in [1.82, 2.24) is 9.97 Å². The predicted octanol–water partition coefficient (Wildman–Crippen LogP) is 2.56. The maximum Gasteiger partial charge on any atom is 0.111 e.